The lowest BCUT2D eigenvalue weighted by Gasteiger charge is -2.06. The molecule has 0 fully saturated rings. The van der Waals surface area contributed by atoms with Crippen LogP contribution in [0, 0.1) is 0 Å². The Morgan fingerprint density at radius 3 is 2.86 bits per heavy atom. The van der Waals surface area contributed by atoms with Gasteiger partial charge in [-0.15, -0.1) is 0 Å². The molecule has 14 heavy (non-hydrogen) atoms. The Balaban J connectivity index is 2.21. The first kappa shape index (κ1) is 11.5. The second-order valence-corrected chi connectivity index (χ2v) is 3.37. The highest BCUT2D eigenvalue weighted by atomic mass is 35.5. The van der Waals surface area contributed by atoms with E-state index >= 15 is 0 Å². The average molecular weight is 214 g/mol. The van der Waals surface area contributed by atoms with E-state index in [9.17, 15) is 0 Å². The highest BCUT2D eigenvalue weighted by Gasteiger charge is 1.96. The molecule has 0 unspecified atom stereocenters. The molecular formula is C11H16ClNO. The van der Waals surface area contributed by atoms with Gasteiger partial charge in [-0.05, 0) is 18.6 Å². The van der Waals surface area contributed by atoms with Crippen molar-refractivity contribution in [2.45, 2.75) is 13.5 Å². The Bertz CT molecular complexity index is 265. The quantitative estimate of drug-likeness (QED) is 0.734. The third kappa shape index (κ3) is 4.09. The van der Waals surface area contributed by atoms with Gasteiger partial charge in [-0.3, -0.25) is 0 Å². The molecule has 0 aliphatic heterocycles. The lowest BCUT2D eigenvalue weighted by Crippen LogP contribution is -2.19. The van der Waals surface area contributed by atoms with E-state index in [-0.39, 0.29) is 0 Å². The summed E-state index contributed by atoms with van der Waals surface area (Å²) < 4.78 is 5.21. The largest absolute Gasteiger partial charge is 0.380 e. The van der Waals surface area contributed by atoms with Crippen molar-refractivity contribution >= 4 is 11.6 Å². The maximum absolute atomic E-state index is 5.99. The zero-order chi connectivity index (χ0) is 10.2. The minimum absolute atomic E-state index is 0.751. The zero-order valence-corrected chi connectivity index (χ0v) is 9.18. The molecule has 0 saturated heterocycles. The highest BCUT2D eigenvalue weighted by Crippen LogP contribution is 2.13. The second-order valence-electron chi connectivity index (χ2n) is 2.97. The van der Waals surface area contributed by atoms with Crippen LogP contribution in [0.3, 0.4) is 0 Å². The molecule has 1 aromatic carbocycles. The molecule has 0 spiro atoms. The van der Waals surface area contributed by atoms with E-state index in [1.165, 1.54) is 0 Å². The number of hydrogen-bond donors (Lipinski definition) is 1. The van der Waals surface area contributed by atoms with E-state index in [0.29, 0.717) is 0 Å². The Labute approximate surface area is 90.2 Å². The second kappa shape index (κ2) is 6.82. The summed E-state index contributed by atoms with van der Waals surface area (Å²) in [6.07, 6.45) is 0. The molecule has 0 atom stereocenters. The molecule has 0 aliphatic carbocycles. The molecule has 3 heteroatoms. The average Bonchev–Trinajstić information content (AvgIpc) is 2.20. The van der Waals surface area contributed by atoms with Gasteiger partial charge in [-0.2, -0.15) is 0 Å². The molecule has 0 heterocycles. The summed E-state index contributed by atoms with van der Waals surface area (Å²) in [4.78, 5) is 0. The van der Waals surface area contributed by atoms with Gasteiger partial charge < -0.3 is 10.1 Å². The van der Waals surface area contributed by atoms with Crippen molar-refractivity contribution in [3.05, 3.63) is 34.9 Å². The SMILES string of the molecule is CCOCCNCc1ccccc1Cl. The van der Waals surface area contributed by atoms with Gasteiger partial charge in [0.05, 0.1) is 6.61 Å². The van der Waals surface area contributed by atoms with E-state index in [0.717, 1.165) is 36.9 Å². The molecular weight excluding hydrogens is 198 g/mol. The fourth-order valence-corrected chi connectivity index (χ4v) is 1.36. The van der Waals surface area contributed by atoms with E-state index in [1.807, 2.05) is 31.2 Å². The number of halogens is 1. The first-order chi connectivity index (χ1) is 6.84. The minimum atomic E-state index is 0.751. The predicted molar refractivity (Wildman–Crippen MR) is 59.7 cm³/mol. The number of rotatable bonds is 6. The smallest absolute Gasteiger partial charge is 0.0590 e. The van der Waals surface area contributed by atoms with Crippen molar-refractivity contribution in [1.29, 1.82) is 0 Å². The van der Waals surface area contributed by atoms with Crippen LogP contribution in [0.5, 0.6) is 0 Å². The van der Waals surface area contributed by atoms with Gasteiger partial charge in [0.25, 0.3) is 0 Å². The van der Waals surface area contributed by atoms with Crippen LogP contribution in [0.15, 0.2) is 24.3 Å². The van der Waals surface area contributed by atoms with Crippen LogP contribution in [-0.2, 0) is 11.3 Å². The molecule has 78 valence electrons. The summed E-state index contributed by atoms with van der Waals surface area (Å²) in [5.41, 5.74) is 1.13. The van der Waals surface area contributed by atoms with Crippen molar-refractivity contribution in [3.63, 3.8) is 0 Å². The normalized spacial score (nSPS) is 10.4. The first-order valence-corrected chi connectivity index (χ1v) is 5.24. The van der Waals surface area contributed by atoms with E-state index < -0.39 is 0 Å². The monoisotopic (exact) mass is 213 g/mol. The number of ether oxygens (including phenoxy) is 1. The predicted octanol–water partition coefficient (Wildman–Crippen LogP) is 2.47. The molecule has 0 saturated carbocycles. The van der Waals surface area contributed by atoms with Crippen LogP contribution in [0.1, 0.15) is 12.5 Å². The number of nitrogens with one attached hydrogen (secondary N) is 1. The Morgan fingerprint density at radius 1 is 1.36 bits per heavy atom. The van der Waals surface area contributed by atoms with Crippen molar-refractivity contribution in [2.24, 2.45) is 0 Å². The van der Waals surface area contributed by atoms with Crippen LogP contribution < -0.4 is 5.32 Å². The van der Waals surface area contributed by atoms with Crippen molar-refractivity contribution < 1.29 is 4.74 Å². The van der Waals surface area contributed by atoms with Gasteiger partial charge in [0.15, 0.2) is 0 Å². The summed E-state index contributed by atoms with van der Waals surface area (Å²) in [5, 5.41) is 4.08. The molecule has 0 amide bonds. The first-order valence-electron chi connectivity index (χ1n) is 4.86. The Kier molecular flexibility index (Phi) is 5.60. The van der Waals surface area contributed by atoms with Crippen molar-refractivity contribution in [2.75, 3.05) is 19.8 Å². The number of benzene rings is 1. The van der Waals surface area contributed by atoms with Gasteiger partial charge >= 0.3 is 0 Å². The third-order valence-corrected chi connectivity index (χ3v) is 2.27. The topological polar surface area (TPSA) is 21.3 Å². The van der Waals surface area contributed by atoms with Crippen LogP contribution in [-0.4, -0.2) is 19.8 Å². The maximum Gasteiger partial charge on any atom is 0.0590 e. The standard InChI is InChI=1S/C11H16ClNO/c1-2-14-8-7-13-9-10-5-3-4-6-11(10)12/h3-6,13H,2,7-9H2,1H3. The molecule has 0 bridgehead atoms. The summed E-state index contributed by atoms with van der Waals surface area (Å²) in [5.74, 6) is 0. The van der Waals surface area contributed by atoms with Crippen molar-refractivity contribution in [3.8, 4) is 0 Å². The Hall–Kier alpha value is -0.570. The van der Waals surface area contributed by atoms with Crippen LogP contribution in [0.2, 0.25) is 5.02 Å². The van der Waals surface area contributed by atoms with Crippen LogP contribution in [0.25, 0.3) is 0 Å². The summed E-state index contributed by atoms with van der Waals surface area (Å²) in [6, 6.07) is 7.86. The molecule has 1 N–H and O–H groups in total. The van der Waals surface area contributed by atoms with Crippen LogP contribution in [0.4, 0.5) is 0 Å². The van der Waals surface area contributed by atoms with E-state index in [1.54, 1.807) is 0 Å². The maximum atomic E-state index is 5.99. The van der Waals surface area contributed by atoms with Crippen molar-refractivity contribution in [1.82, 2.24) is 5.32 Å². The number of hydrogen-bond acceptors (Lipinski definition) is 2. The van der Waals surface area contributed by atoms with E-state index in [4.69, 9.17) is 16.3 Å². The van der Waals surface area contributed by atoms with Gasteiger partial charge in [0.1, 0.15) is 0 Å². The molecule has 1 aromatic rings. The Morgan fingerprint density at radius 2 is 2.14 bits per heavy atom. The lowest BCUT2D eigenvalue weighted by atomic mass is 10.2. The molecule has 0 radical (unpaired) electrons. The van der Waals surface area contributed by atoms with E-state index in [2.05, 4.69) is 5.32 Å². The third-order valence-electron chi connectivity index (χ3n) is 1.90. The van der Waals surface area contributed by atoms with Gasteiger partial charge in [0, 0.05) is 24.7 Å². The van der Waals surface area contributed by atoms with Crippen LogP contribution >= 0.6 is 11.6 Å². The zero-order valence-electron chi connectivity index (χ0n) is 8.42. The highest BCUT2D eigenvalue weighted by molar-refractivity contribution is 6.31. The molecule has 1 rings (SSSR count). The summed E-state index contributed by atoms with van der Waals surface area (Å²) in [6.45, 7) is 5.18. The molecule has 0 aliphatic rings. The summed E-state index contributed by atoms with van der Waals surface area (Å²) >= 11 is 5.99. The fourth-order valence-electron chi connectivity index (χ4n) is 1.15. The van der Waals surface area contributed by atoms with Gasteiger partial charge in [-0.25, -0.2) is 0 Å². The lowest BCUT2D eigenvalue weighted by molar-refractivity contribution is 0.149. The minimum Gasteiger partial charge on any atom is -0.380 e. The molecule has 2 nitrogen and oxygen atoms in total. The van der Waals surface area contributed by atoms with Gasteiger partial charge in [-0.1, -0.05) is 29.8 Å². The fraction of sp³-hybridized carbons (Fsp3) is 0.455. The molecule has 0 aromatic heterocycles. The van der Waals surface area contributed by atoms with Gasteiger partial charge in [0.2, 0.25) is 0 Å². The summed E-state index contributed by atoms with van der Waals surface area (Å²) in [7, 11) is 0.